The molecule has 1 heterocycles. The average Bonchev–Trinajstić information content (AvgIpc) is 2.54. The van der Waals surface area contributed by atoms with Crippen LogP contribution in [0, 0.1) is 0 Å². The van der Waals surface area contributed by atoms with E-state index in [1.807, 2.05) is 0 Å². The Bertz CT molecular complexity index is 494. The van der Waals surface area contributed by atoms with E-state index in [1.54, 1.807) is 0 Å². The van der Waals surface area contributed by atoms with Crippen molar-refractivity contribution >= 4 is 0 Å². The van der Waals surface area contributed by atoms with Crippen molar-refractivity contribution in [2.45, 2.75) is 70.4 Å². The van der Waals surface area contributed by atoms with Crippen molar-refractivity contribution < 1.29 is 9.47 Å². The van der Waals surface area contributed by atoms with Crippen LogP contribution in [-0.4, -0.2) is 18.8 Å². The molecule has 0 aromatic heterocycles. The molecule has 1 atom stereocenters. The van der Waals surface area contributed by atoms with Crippen LogP contribution in [-0.2, 0) is 0 Å². The Morgan fingerprint density at radius 1 is 1.23 bits per heavy atom. The van der Waals surface area contributed by atoms with Crippen molar-refractivity contribution in [1.82, 2.24) is 5.32 Å². The van der Waals surface area contributed by atoms with E-state index in [4.69, 9.17) is 9.47 Å². The lowest BCUT2D eigenvalue weighted by Crippen LogP contribution is -2.45. The molecule has 0 amide bonds. The first-order chi connectivity index (χ1) is 10.8. The molecule has 3 rings (SSSR count). The van der Waals surface area contributed by atoms with E-state index in [1.165, 1.54) is 37.7 Å². The van der Waals surface area contributed by atoms with Crippen LogP contribution in [0.3, 0.4) is 0 Å². The number of hydrogen-bond donors (Lipinski definition) is 1. The first kappa shape index (κ1) is 15.7. The van der Waals surface area contributed by atoms with Crippen LogP contribution >= 0.6 is 0 Å². The zero-order valence-corrected chi connectivity index (χ0v) is 14.0. The zero-order chi connectivity index (χ0) is 15.4. The summed E-state index contributed by atoms with van der Waals surface area (Å²) < 4.78 is 12.3. The van der Waals surface area contributed by atoms with Crippen molar-refractivity contribution in [3.05, 3.63) is 23.8 Å². The number of nitrogens with one attached hydrogen (secondary N) is 1. The van der Waals surface area contributed by atoms with Gasteiger partial charge in [0, 0.05) is 18.0 Å². The average molecular weight is 303 g/mol. The summed E-state index contributed by atoms with van der Waals surface area (Å²) >= 11 is 0. The van der Waals surface area contributed by atoms with Crippen molar-refractivity contribution in [3.63, 3.8) is 0 Å². The van der Waals surface area contributed by atoms with E-state index in [-0.39, 0.29) is 5.60 Å². The van der Waals surface area contributed by atoms with E-state index in [2.05, 4.69) is 37.4 Å². The molecule has 2 aliphatic rings. The predicted octanol–water partition coefficient (Wildman–Crippen LogP) is 4.61. The maximum atomic E-state index is 6.50. The fraction of sp³-hybridized carbons (Fsp3) is 0.684. The van der Waals surface area contributed by atoms with Gasteiger partial charge in [0.1, 0.15) is 17.1 Å². The van der Waals surface area contributed by atoms with Gasteiger partial charge in [0.25, 0.3) is 0 Å². The Morgan fingerprint density at radius 3 is 2.77 bits per heavy atom. The van der Waals surface area contributed by atoms with Gasteiger partial charge in [-0.2, -0.15) is 0 Å². The van der Waals surface area contributed by atoms with E-state index in [9.17, 15) is 0 Å². The van der Waals surface area contributed by atoms with Gasteiger partial charge >= 0.3 is 0 Å². The number of fused-ring (bicyclic) bond motifs is 1. The normalized spacial score (nSPS) is 22.9. The quantitative estimate of drug-likeness (QED) is 0.861. The van der Waals surface area contributed by atoms with Gasteiger partial charge in [0.2, 0.25) is 0 Å². The second kappa shape index (κ2) is 6.91. The van der Waals surface area contributed by atoms with Crippen molar-refractivity contribution in [2.75, 3.05) is 13.2 Å². The van der Waals surface area contributed by atoms with Crippen molar-refractivity contribution in [3.8, 4) is 11.5 Å². The monoisotopic (exact) mass is 303 g/mol. The van der Waals surface area contributed by atoms with Gasteiger partial charge in [-0.3, -0.25) is 0 Å². The molecule has 0 radical (unpaired) electrons. The standard InChI is InChI=1S/C19H29NO2/c1-3-12-21-15-8-9-18-16(13-15)17(20-4-2)14-19(22-18)10-6-5-7-11-19/h8-9,13,17,20H,3-7,10-12,14H2,1-2H3. The summed E-state index contributed by atoms with van der Waals surface area (Å²) in [5.41, 5.74) is 1.33. The van der Waals surface area contributed by atoms with Crippen molar-refractivity contribution in [1.29, 1.82) is 0 Å². The van der Waals surface area contributed by atoms with Crippen LogP contribution in [0.2, 0.25) is 0 Å². The van der Waals surface area contributed by atoms with Gasteiger partial charge in [-0.15, -0.1) is 0 Å². The van der Waals surface area contributed by atoms with Gasteiger partial charge < -0.3 is 14.8 Å². The summed E-state index contributed by atoms with van der Waals surface area (Å²) in [7, 11) is 0. The van der Waals surface area contributed by atoms with E-state index >= 15 is 0 Å². The molecule has 3 heteroatoms. The summed E-state index contributed by atoms with van der Waals surface area (Å²) in [6, 6.07) is 6.73. The molecule has 122 valence electrons. The van der Waals surface area contributed by atoms with E-state index in [0.717, 1.165) is 37.5 Å². The third-order valence-electron chi connectivity index (χ3n) is 4.95. The maximum Gasteiger partial charge on any atom is 0.125 e. The lowest BCUT2D eigenvalue weighted by Gasteiger charge is -2.44. The lowest BCUT2D eigenvalue weighted by atomic mass is 9.77. The van der Waals surface area contributed by atoms with Crippen LogP contribution in [0.5, 0.6) is 11.5 Å². The molecule has 22 heavy (non-hydrogen) atoms. The molecule has 1 unspecified atom stereocenters. The van der Waals surface area contributed by atoms with Gasteiger partial charge in [0.15, 0.2) is 0 Å². The van der Waals surface area contributed by atoms with Gasteiger partial charge in [-0.05, 0) is 56.8 Å². The smallest absolute Gasteiger partial charge is 0.125 e. The highest BCUT2D eigenvalue weighted by molar-refractivity contribution is 5.44. The van der Waals surface area contributed by atoms with Gasteiger partial charge in [0.05, 0.1) is 6.61 Å². The van der Waals surface area contributed by atoms with E-state index < -0.39 is 0 Å². The fourth-order valence-corrected chi connectivity index (χ4v) is 3.89. The SMILES string of the molecule is CCCOc1ccc2c(c1)C(NCC)CC1(CCCCC1)O2. The van der Waals surface area contributed by atoms with Crippen LogP contribution in [0.15, 0.2) is 18.2 Å². The summed E-state index contributed by atoms with van der Waals surface area (Å²) in [6.07, 6.45) is 8.47. The summed E-state index contributed by atoms with van der Waals surface area (Å²) in [6.45, 7) is 6.07. The number of ether oxygens (including phenoxy) is 2. The van der Waals surface area contributed by atoms with Crippen LogP contribution in [0.4, 0.5) is 0 Å². The minimum Gasteiger partial charge on any atom is -0.494 e. The second-order valence-corrected chi connectivity index (χ2v) is 6.71. The largest absolute Gasteiger partial charge is 0.494 e. The molecule has 3 nitrogen and oxygen atoms in total. The topological polar surface area (TPSA) is 30.5 Å². The summed E-state index contributed by atoms with van der Waals surface area (Å²) in [4.78, 5) is 0. The molecular formula is C19H29NO2. The Labute approximate surface area is 134 Å². The minimum atomic E-state index is 0.0594. The molecule has 0 saturated heterocycles. The van der Waals surface area contributed by atoms with Crippen LogP contribution < -0.4 is 14.8 Å². The Morgan fingerprint density at radius 2 is 2.05 bits per heavy atom. The zero-order valence-electron chi connectivity index (χ0n) is 14.0. The van der Waals surface area contributed by atoms with Gasteiger partial charge in [-0.1, -0.05) is 20.3 Å². The lowest BCUT2D eigenvalue weighted by molar-refractivity contribution is -0.00256. The third-order valence-corrected chi connectivity index (χ3v) is 4.95. The Balaban J connectivity index is 1.86. The minimum absolute atomic E-state index is 0.0594. The highest BCUT2D eigenvalue weighted by atomic mass is 16.5. The molecule has 1 N–H and O–H groups in total. The summed E-state index contributed by atoms with van der Waals surface area (Å²) in [5.74, 6) is 2.02. The van der Waals surface area contributed by atoms with E-state index in [0.29, 0.717) is 6.04 Å². The maximum absolute atomic E-state index is 6.50. The highest BCUT2D eigenvalue weighted by Crippen LogP contribution is 2.46. The Hall–Kier alpha value is -1.22. The highest BCUT2D eigenvalue weighted by Gasteiger charge is 2.41. The van der Waals surface area contributed by atoms with Crippen LogP contribution in [0.25, 0.3) is 0 Å². The first-order valence-corrected chi connectivity index (χ1v) is 8.95. The molecule has 1 aromatic rings. The fourth-order valence-electron chi connectivity index (χ4n) is 3.89. The van der Waals surface area contributed by atoms with Gasteiger partial charge in [-0.25, -0.2) is 0 Å². The van der Waals surface area contributed by atoms with Crippen molar-refractivity contribution in [2.24, 2.45) is 0 Å². The first-order valence-electron chi connectivity index (χ1n) is 8.95. The summed E-state index contributed by atoms with van der Waals surface area (Å²) in [5, 5.41) is 3.66. The molecule has 1 spiro atoms. The molecule has 0 bridgehead atoms. The number of hydrogen-bond acceptors (Lipinski definition) is 3. The Kier molecular flexibility index (Phi) is 4.92. The predicted molar refractivity (Wildman–Crippen MR) is 89.7 cm³/mol. The molecule has 1 saturated carbocycles. The van der Waals surface area contributed by atoms with Crippen LogP contribution in [0.1, 0.15) is 70.4 Å². The number of rotatable bonds is 5. The third kappa shape index (κ3) is 3.24. The molecule has 1 aliphatic carbocycles. The molecular weight excluding hydrogens is 274 g/mol. The number of benzene rings is 1. The second-order valence-electron chi connectivity index (χ2n) is 6.71. The molecule has 1 aliphatic heterocycles. The molecule has 1 fully saturated rings. The molecule has 1 aromatic carbocycles.